The number of ether oxygens (including phenoxy) is 1. The minimum Gasteiger partial charge on any atom is -0.406 e. The van der Waals surface area contributed by atoms with Gasteiger partial charge in [-0.05, 0) is 36.4 Å². The molecule has 0 unspecified atom stereocenters. The standard InChI is InChI=1S/C21H14F3N3O/c22-21(23,24)28-16-12-10-15(11-13-16)25-20-17-8-4-5-9-18(17)26-19(27-20)14-6-2-1-3-7-14/h1-13H,(H,25,26,27). The number of halogens is 3. The average Bonchev–Trinajstić information content (AvgIpc) is 2.69. The molecule has 0 fully saturated rings. The van der Waals surface area contributed by atoms with Gasteiger partial charge in [-0.3, -0.25) is 0 Å². The zero-order chi connectivity index (χ0) is 19.6. The van der Waals surface area contributed by atoms with E-state index in [4.69, 9.17) is 0 Å². The van der Waals surface area contributed by atoms with Gasteiger partial charge in [-0.25, -0.2) is 9.97 Å². The van der Waals surface area contributed by atoms with E-state index < -0.39 is 6.36 Å². The Bertz CT molecular complexity index is 1100. The third kappa shape index (κ3) is 4.03. The molecular weight excluding hydrogens is 367 g/mol. The van der Waals surface area contributed by atoms with Crippen molar-refractivity contribution >= 4 is 22.4 Å². The van der Waals surface area contributed by atoms with E-state index in [0.29, 0.717) is 17.3 Å². The van der Waals surface area contributed by atoms with E-state index >= 15 is 0 Å². The predicted molar refractivity (Wildman–Crippen MR) is 101 cm³/mol. The van der Waals surface area contributed by atoms with Crippen molar-refractivity contribution in [3.8, 4) is 17.1 Å². The van der Waals surface area contributed by atoms with E-state index in [9.17, 15) is 13.2 Å². The van der Waals surface area contributed by atoms with Gasteiger partial charge in [-0.2, -0.15) is 0 Å². The van der Waals surface area contributed by atoms with Crippen molar-refractivity contribution < 1.29 is 17.9 Å². The van der Waals surface area contributed by atoms with Crippen LogP contribution in [0.2, 0.25) is 0 Å². The molecule has 0 saturated heterocycles. The zero-order valence-electron chi connectivity index (χ0n) is 14.4. The van der Waals surface area contributed by atoms with Gasteiger partial charge < -0.3 is 10.1 Å². The lowest BCUT2D eigenvalue weighted by Gasteiger charge is -2.12. The Balaban J connectivity index is 1.70. The van der Waals surface area contributed by atoms with E-state index in [2.05, 4.69) is 20.0 Å². The minimum absolute atomic E-state index is 0.282. The van der Waals surface area contributed by atoms with E-state index in [1.807, 2.05) is 54.6 Å². The van der Waals surface area contributed by atoms with Crippen LogP contribution in [0.1, 0.15) is 0 Å². The van der Waals surface area contributed by atoms with Crippen LogP contribution in [0, 0.1) is 0 Å². The summed E-state index contributed by atoms with van der Waals surface area (Å²) < 4.78 is 40.8. The van der Waals surface area contributed by atoms with E-state index in [-0.39, 0.29) is 5.75 Å². The van der Waals surface area contributed by atoms with Gasteiger partial charge in [0, 0.05) is 16.6 Å². The van der Waals surface area contributed by atoms with Crippen LogP contribution >= 0.6 is 0 Å². The van der Waals surface area contributed by atoms with Crippen LogP contribution in [-0.4, -0.2) is 16.3 Å². The molecule has 1 N–H and O–H groups in total. The summed E-state index contributed by atoms with van der Waals surface area (Å²) >= 11 is 0. The Labute approximate surface area is 158 Å². The van der Waals surface area contributed by atoms with Gasteiger partial charge >= 0.3 is 6.36 Å². The molecule has 0 atom stereocenters. The number of benzene rings is 3. The predicted octanol–water partition coefficient (Wildman–Crippen LogP) is 5.94. The Morgan fingerprint density at radius 1 is 0.750 bits per heavy atom. The normalized spacial score (nSPS) is 11.4. The first-order valence-corrected chi connectivity index (χ1v) is 8.43. The van der Waals surface area contributed by atoms with Gasteiger partial charge in [0.1, 0.15) is 11.6 Å². The lowest BCUT2D eigenvalue weighted by molar-refractivity contribution is -0.274. The molecule has 1 aromatic heterocycles. The van der Waals surface area contributed by atoms with Crippen LogP contribution in [0.5, 0.6) is 5.75 Å². The molecule has 7 heteroatoms. The van der Waals surface area contributed by atoms with Crippen LogP contribution in [0.3, 0.4) is 0 Å². The quantitative estimate of drug-likeness (QED) is 0.475. The Morgan fingerprint density at radius 3 is 2.14 bits per heavy atom. The highest BCUT2D eigenvalue weighted by atomic mass is 19.4. The number of para-hydroxylation sites is 1. The van der Waals surface area contributed by atoms with Crippen molar-refractivity contribution in [2.45, 2.75) is 6.36 Å². The third-order valence-corrected chi connectivity index (χ3v) is 3.99. The molecule has 0 amide bonds. The largest absolute Gasteiger partial charge is 0.573 e. The van der Waals surface area contributed by atoms with Crippen molar-refractivity contribution in [1.29, 1.82) is 0 Å². The number of aromatic nitrogens is 2. The lowest BCUT2D eigenvalue weighted by Crippen LogP contribution is -2.16. The Hall–Kier alpha value is -3.61. The second-order valence-electron chi connectivity index (χ2n) is 5.98. The molecular formula is C21H14F3N3O. The highest BCUT2D eigenvalue weighted by Crippen LogP contribution is 2.29. The summed E-state index contributed by atoms with van der Waals surface area (Å²) in [5.41, 5.74) is 2.21. The van der Waals surface area contributed by atoms with Crippen molar-refractivity contribution in [2.75, 3.05) is 5.32 Å². The fraction of sp³-hybridized carbons (Fsp3) is 0.0476. The highest BCUT2D eigenvalue weighted by molar-refractivity contribution is 5.92. The molecule has 28 heavy (non-hydrogen) atoms. The van der Waals surface area contributed by atoms with Gasteiger partial charge in [0.15, 0.2) is 5.82 Å². The summed E-state index contributed by atoms with van der Waals surface area (Å²) in [5.74, 6) is 0.836. The van der Waals surface area contributed by atoms with Gasteiger partial charge in [0.2, 0.25) is 0 Å². The second kappa shape index (κ2) is 7.19. The molecule has 0 spiro atoms. The summed E-state index contributed by atoms with van der Waals surface area (Å²) in [6, 6.07) is 22.6. The third-order valence-electron chi connectivity index (χ3n) is 3.99. The number of nitrogens with one attached hydrogen (secondary N) is 1. The molecule has 0 saturated carbocycles. The van der Waals surface area contributed by atoms with Crippen molar-refractivity contribution in [1.82, 2.24) is 9.97 Å². The van der Waals surface area contributed by atoms with Crippen LogP contribution in [0.4, 0.5) is 24.7 Å². The first-order valence-electron chi connectivity index (χ1n) is 8.43. The number of hydrogen-bond donors (Lipinski definition) is 1. The molecule has 0 aliphatic rings. The van der Waals surface area contributed by atoms with Gasteiger partial charge in [0.25, 0.3) is 0 Å². The van der Waals surface area contributed by atoms with Crippen molar-refractivity contribution in [3.63, 3.8) is 0 Å². The number of rotatable bonds is 4. The maximum atomic E-state index is 12.3. The number of hydrogen-bond acceptors (Lipinski definition) is 4. The van der Waals surface area contributed by atoms with E-state index in [0.717, 1.165) is 16.5 Å². The maximum absolute atomic E-state index is 12.3. The molecule has 4 aromatic rings. The number of alkyl halides is 3. The smallest absolute Gasteiger partial charge is 0.406 e. The van der Waals surface area contributed by atoms with Crippen LogP contribution in [0.25, 0.3) is 22.3 Å². The second-order valence-corrected chi connectivity index (χ2v) is 5.98. The van der Waals surface area contributed by atoms with Crippen LogP contribution in [0.15, 0.2) is 78.9 Å². The SMILES string of the molecule is FC(F)(F)Oc1ccc(Nc2nc(-c3ccccc3)nc3ccccc23)cc1. The van der Waals surface area contributed by atoms with Crippen molar-refractivity contribution in [3.05, 3.63) is 78.9 Å². The van der Waals surface area contributed by atoms with Crippen molar-refractivity contribution in [2.24, 2.45) is 0 Å². The number of anilines is 2. The molecule has 3 aromatic carbocycles. The summed E-state index contributed by atoms with van der Waals surface area (Å²) in [5, 5.41) is 3.96. The molecule has 0 bridgehead atoms. The summed E-state index contributed by atoms with van der Waals surface area (Å²) in [4.78, 5) is 9.22. The van der Waals surface area contributed by atoms with Gasteiger partial charge in [0.05, 0.1) is 5.52 Å². The Morgan fingerprint density at radius 2 is 1.43 bits per heavy atom. The maximum Gasteiger partial charge on any atom is 0.573 e. The first kappa shape index (κ1) is 17.8. The summed E-state index contributed by atoms with van der Waals surface area (Å²) in [6.07, 6.45) is -4.72. The average molecular weight is 381 g/mol. The summed E-state index contributed by atoms with van der Waals surface area (Å²) in [7, 11) is 0. The summed E-state index contributed by atoms with van der Waals surface area (Å²) in [6.45, 7) is 0. The van der Waals surface area contributed by atoms with E-state index in [1.54, 1.807) is 0 Å². The monoisotopic (exact) mass is 381 g/mol. The molecule has 0 aliphatic heterocycles. The molecule has 0 aliphatic carbocycles. The molecule has 1 heterocycles. The van der Waals surface area contributed by atoms with E-state index in [1.165, 1.54) is 24.3 Å². The fourth-order valence-electron chi connectivity index (χ4n) is 2.76. The van der Waals surface area contributed by atoms with Gasteiger partial charge in [-0.1, -0.05) is 42.5 Å². The number of nitrogens with zero attached hydrogens (tertiary/aromatic N) is 2. The minimum atomic E-state index is -4.72. The fourth-order valence-corrected chi connectivity index (χ4v) is 2.76. The topological polar surface area (TPSA) is 47.0 Å². The highest BCUT2D eigenvalue weighted by Gasteiger charge is 2.30. The van der Waals surface area contributed by atoms with Crippen LogP contribution in [-0.2, 0) is 0 Å². The molecule has 0 radical (unpaired) electrons. The van der Waals surface area contributed by atoms with Crippen LogP contribution < -0.4 is 10.1 Å². The lowest BCUT2D eigenvalue weighted by atomic mass is 10.2. The zero-order valence-corrected chi connectivity index (χ0v) is 14.4. The molecule has 4 nitrogen and oxygen atoms in total. The first-order chi connectivity index (χ1) is 13.5. The number of fused-ring (bicyclic) bond motifs is 1. The molecule has 4 rings (SSSR count). The Kier molecular flexibility index (Phi) is 4.57. The molecule has 140 valence electrons. The van der Waals surface area contributed by atoms with Gasteiger partial charge in [-0.15, -0.1) is 13.2 Å².